The van der Waals surface area contributed by atoms with E-state index in [1.807, 2.05) is 36.4 Å². The molecule has 0 saturated carbocycles. The number of aromatic carboxylic acids is 1. The Bertz CT molecular complexity index is 1610. The molecule has 0 saturated heterocycles. The highest BCUT2D eigenvalue weighted by Crippen LogP contribution is 2.35. The molecular formula is C43H60O8. The van der Waals surface area contributed by atoms with Crippen LogP contribution in [-0.2, 0) is 30.0 Å². The summed E-state index contributed by atoms with van der Waals surface area (Å²) in [7, 11) is 0. The number of benzene rings is 2. The predicted octanol–water partition coefficient (Wildman–Crippen LogP) is 10.6. The van der Waals surface area contributed by atoms with Crippen molar-refractivity contribution in [1.29, 1.82) is 0 Å². The maximum Gasteiger partial charge on any atom is 0.335 e. The maximum atomic E-state index is 10.7. The van der Waals surface area contributed by atoms with Gasteiger partial charge in [-0.25, -0.2) is 9.59 Å². The zero-order valence-electron chi connectivity index (χ0n) is 31.8. The zero-order chi connectivity index (χ0) is 38.5. The van der Waals surface area contributed by atoms with E-state index in [4.69, 9.17) is 19.7 Å². The summed E-state index contributed by atoms with van der Waals surface area (Å²) in [6, 6.07) is 14.6. The number of carbonyl (C=O) groups is 4. The summed E-state index contributed by atoms with van der Waals surface area (Å²) in [4.78, 5) is 41.6. The first-order chi connectivity index (χ1) is 22.9. The van der Waals surface area contributed by atoms with Crippen LogP contribution in [0.4, 0.5) is 0 Å². The summed E-state index contributed by atoms with van der Waals surface area (Å²) >= 11 is 0. The van der Waals surface area contributed by atoms with Gasteiger partial charge in [0, 0.05) is 5.56 Å². The number of hydrogen-bond acceptors (Lipinski definition) is 6. The highest BCUT2D eigenvalue weighted by Gasteiger charge is 2.24. The molecule has 0 fully saturated rings. The van der Waals surface area contributed by atoms with Crippen molar-refractivity contribution in [3.8, 4) is 5.75 Å². The Morgan fingerprint density at radius 1 is 0.686 bits per heavy atom. The third kappa shape index (κ3) is 15.8. The van der Waals surface area contributed by atoms with Crippen molar-refractivity contribution in [2.24, 2.45) is 10.8 Å². The SMILES string of the molecule is C.CC(C)(C)C1=C(OC=O)C=CC1.CC(C)(C)C1=CC(C(=O)O)=CC1.CC(C)(C)c1cccc(C(=O)O)c1.CC(C)(C)c1ccccc1OC=O. The molecule has 280 valence electrons. The number of allylic oxidation sites excluding steroid dienone is 5. The van der Waals surface area contributed by atoms with E-state index in [9.17, 15) is 19.2 Å². The van der Waals surface area contributed by atoms with Crippen molar-refractivity contribution in [3.05, 3.63) is 112 Å². The first-order valence-corrected chi connectivity index (χ1v) is 16.6. The Balaban J connectivity index is 0.000000650. The van der Waals surface area contributed by atoms with Crippen LogP contribution in [0.2, 0.25) is 0 Å². The molecule has 2 aromatic rings. The molecule has 8 nitrogen and oxygen atoms in total. The van der Waals surface area contributed by atoms with Gasteiger partial charge in [0.05, 0.1) is 11.1 Å². The number of carbonyl (C=O) groups excluding carboxylic acids is 2. The van der Waals surface area contributed by atoms with Crippen LogP contribution >= 0.6 is 0 Å². The molecule has 51 heavy (non-hydrogen) atoms. The Morgan fingerprint density at radius 3 is 1.71 bits per heavy atom. The van der Waals surface area contributed by atoms with Crippen LogP contribution in [0.5, 0.6) is 5.75 Å². The van der Waals surface area contributed by atoms with E-state index in [0.717, 1.165) is 29.7 Å². The number of aliphatic carboxylic acids is 1. The second kappa shape index (κ2) is 19.6. The summed E-state index contributed by atoms with van der Waals surface area (Å²) in [6.45, 7) is 26.0. The molecule has 8 heteroatoms. The molecule has 0 aliphatic heterocycles. The molecule has 0 atom stereocenters. The standard InChI is InChI=1S/2C11H14O2.2C10H14O2.CH4/c1-11(2,3)9-6-4-5-8(7-9)10(12)13;1-11(2,3)9-6-4-5-7-10(9)13-8-12;1-10(2,3)8-5-4-7(6-8)9(11)12;1-10(2,3)8-5-4-6-9(8)12-7-11;/h4-7H,1-3H3,(H,12,13);4-8H,1-3H3;4,6H,5H2,1-3H3,(H,11,12);4,6-7H,5H2,1-3H3;1H4. The third-order valence-corrected chi connectivity index (χ3v) is 7.90. The molecule has 0 radical (unpaired) electrons. The topological polar surface area (TPSA) is 127 Å². The highest BCUT2D eigenvalue weighted by atomic mass is 16.5. The van der Waals surface area contributed by atoms with Gasteiger partial charge in [-0.1, -0.05) is 139 Å². The number of carboxylic acid groups (broad SMARTS) is 2. The smallest absolute Gasteiger partial charge is 0.335 e. The Hall–Kier alpha value is -4.72. The fraction of sp³-hybridized carbons (Fsp3) is 0.442. The van der Waals surface area contributed by atoms with Crippen LogP contribution in [0.15, 0.2) is 95.3 Å². The molecule has 0 heterocycles. The summed E-state index contributed by atoms with van der Waals surface area (Å²) in [5, 5.41) is 17.5. The van der Waals surface area contributed by atoms with E-state index >= 15 is 0 Å². The number of para-hydroxylation sites is 1. The van der Waals surface area contributed by atoms with Crippen LogP contribution in [0.1, 0.15) is 125 Å². The average Bonchev–Trinajstić information content (AvgIpc) is 3.69. The van der Waals surface area contributed by atoms with E-state index in [-0.39, 0.29) is 29.1 Å². The molecule has 0 aromatic heterocycles. The highest BCUT2D eigenvalue weighted by molar-refractivity contribution is 5.91. The van der Waals surface area contributed by atoms with Crippen LogP contribution in [-0.4, -0.2) is 35.1 Å². The van der Waals surface area contributed by atoms with Gasteiger partial charge in [-0.05, 0) is 76.0 Å². The predicted molar refractivity (Wildman–Crippen MR) is 206 cm³/mol. The van der Waals surface area contributed by atoms with Gasteiger partial charge < -0.3 is 19.7 Å². The van der Waals surface area contributed by atoms with Gasteiger partial charge in [-0.2, -0.15) is 0 Å². The van der Waals surface area contributed by atoms with E-state index in [1.165, 1.54) is 11.1 Å². The molecule has 0 amide bonds. The summed E-state index contributed by atoms with van der Waals surface area (Å²) in [5.74, 6) is -0.331. The minimum Gasteiger partial charge on any atom is -0.478 e. The van der Waals surface area contributed by atoms with Crippen molar-refractivity contribution in [3.63, 3.8) is 0 Å². The van der Waals surface area contributed by atoms with Gasteiger partial charge in [0.2, 0.25) is 0 Å². The van der Waals surface area contributed by atoms with Crippen molar-refractivity contribution >= 4 is 24.9 Å². The minimum atomic E-state index is -0.869. The van der Waals surface area contributed by atoms with Gasteiger partial charge in [0.15, 0.2) is 0 Å². The fourth-order valence-corrected chi connectivity index (χ4v) is 4.88. The number of carboxylic acids is 2. The van der Waals surface area contributed by atoms with Crippen LogP contribution in [0.25, 0.3) is 0 Å². The average molecular weight is 705 g/mol. The second-order valence-corrected chi connectivity index (χ2v) is 16.1. The van der Waals surface area contributed by atoms with Gasteiger partial charge >= 0.3 is 11.9 Å². The first kappa shape index (κ1) is 46.3. The molecular weight excluding hydrogens is 644 g/mol. The van der Waals surface area contributed by atoms with Crippen molar-refractivity contribution < 1.29 is 38.9 Å². The lowest BCUT2D eigenvalue weighted by atomic mass is 9.85. The van der Waals surface area contributed by atoms with E-state index < -0.39 is 11.9 Å². The lowest BCUT2D eigenvalue weighted by Crippen LogP contribution is -2.12. The lowest BCUT2D eigenvalue weighted by Gasteiger charge is -2.21. The van der Waals surface area contributed by atoms with Crippen molar-refractivity contribution in [2.75, 3.05) is 0 Å². The van der Waals surface area contributed by atoms with Gasteiger partial charge in [-0.15, -0.1) is 0 Å². The van der Waals surface area contributed by atoms with Crippen molar-refractivity contribution in [1.82, 2.24) is 0 Å². The molecule has 2 aromatic carbocycles. The van der Waals surface area contributed by atoms with E-state index in [2.05, 4.69) is 83.1 Å². The number of ether oxygens (including phenoxy) is 2. The zero-order valence-corrected chi connectivity index (χ0v) is 31.8. The Morgan fingerprint density at radius 2 is 1.27 bits per heavy atom. The first-order valence-electron chi connectivity index (χ1n) is 16.6. The van der Waals surface area contributed by atoms with Crippen LogP contribution in [0.3, 0.4) is 0 Å². The van der Waals surface area contributed by atoms with E-state index in [1.54, 1.807) is 36.4 Å². The molecule has 2 N–H and O–H groups in total. The van der Waals surface area contributed by atoms with Crippen molar-refractivity contribution in [2.45, 2.75) is 114 Å². The summed E-state index contributed by atoms with van der Waals surface area (Å²) in [5.41, 5.74) is 5.44. The fourth-order valence-electron chi connectivity index (χ4n) is 4.88. The molecule has 0 spiro atoms. The molecule has 0 unspecified atom stereocenters. The number of rotatable bonds is 6. The molecule has 2 aliphatic carbocycles. The van der Waals surface area contributed by atoms with Crippen LogP contribution in [0, 0.1) is 10.8 Å². The molecule has 4 rings (SSSR count). The Kier molecular flexibility index (Phi) is 17.8. The van der Waals surface area contributed by atoms with E-state index in [0.29, 0.717) is 29.8 Å². The van der Waals surface area contributed by atoms with Gasteiger partial charge in [-0.3, -0.25) is 9.59 Å². The largest absolute Gasteiger partial charge is 0.478 e. The lowest BCUT2D eigenvalue weighted by molar-refractivity contribution is -0.132. The normalized spacial score (nSPS) is 13.7. The number of hydrogen-bond donors (Lipinski definition) is 2. The third-order valence-electron chi connectivity index (χ3n) is 7.90. The summed E-state index contributed by atoms with van der Waals surface area (Å²) in [6.07, 6.45) is 9.09. The maximum absolute atomic E-state index is 10.7. The molecule has 0 bridgehead atoms. The quantitative estimate of drug-likeness (QED) is 0.284. The second-order valence-electron chi connectivity index (χ2n) is 16.1. The van der Waals surface area contributed by atoms with Gasteiger partial charge in [0.1, 0.15) is 11.5 Å². The monoisotopic (exact) mass is 704 g/mol. The molecule has 2 aliphatic rings. The van der Waals surface area contributed by atoms with Crippen LogP contribution < -0.4 is 4.74 Å². The Labute approximate surface area is 306 Å². The summed E-state index contributed by atoms with van der Waals surface area (Å²) < 4.78 is 9.74. The minimum absolute atomic E-state index is 0. The van der Waals surface area contributed by atoms with Gasteiger partial charge in [0.25, 0.3) is 12.9 Å².